The van der Waals surface area contributed by atoms with Crippen LogP contribution in [0.5, 0.6) is 11.5 Å². The zero-order chi connectivity index (χ0) is 26.5. The van der Waals surface area contributed by atoms with Crippen LogP contribution in [-0.4, -0.2) is 68.0 Å². The predicted molar refractivity (Wildman–Crippen MR) is 142 cm³/mol. The minimum atomic E-state index is -0.315. The van der Waals surface area contributed by atoms with Gasteiger partial charge in [-0.25, -0.2) is 5.01 Å². The number of carbonyl (C=O) groups is 2. The van der Waals surface area contributed by atoms with E-state index >= 15 is 0 Å². The van der Waals surface area contributed by atoms with Gasteiger partial charge in [-0.1, -0.05) is 17.7 Å². The minimum Gasteiger partial charge on any atom is -0.497 e. The first-order chi connectivity index (χ1) is 17.8. The van der Waals surface area contributed by atoms with E-state index in [-0.39, 0.29) is 30.4 Å². The Hall–Kier alpha value is -3.39. The minimum absolute atomic E-state index is 0.0789. The van der Waals surface area contributed by atoms with E-state index in [1.165, 1.54) is 0 Å². The highest BCUT2D eigenvalue weighted by atomic mass is 16.5. The van der Waals surface area contributed by atoms with Crippen LogP contribution >= 0.6 is 0 Å². The number of hydrogen-bond acceptors (Lipinski definition) is 7. The van der Waals surface area contributed by atoms with Gasteiger partial charge in [0.2, 0.25) is 0 Å². The van der Waals surface area contributed by atoms with Gasteiger partial charge >= 0.3 is 5.97 Å². The molecule has 0 bridgehead atoms. The third-order valence-corrected chi connectivity index (χ3v) is 7.23. The quantitative estimate of drug-likeness (QED) is 0.497. The first-order valence-electron chi connectivity index (χ1n) is 12.9. The smallest absolute Gasteiger partial charge is 0.309 e. The summed E-state index contributed by atoms with van der Waals surface area (Å²) in [6.07, 6.45) is 1.96. The Kier molecular flexibility index (Phi) is 8.48. The van der Waals surface area contributed by atoms with Crippen LogP contribution in [0.1, 0.15) is 54.5 Å². The predicted octanol–water partition coefficient (Wildman–Crippen LogP) is 4.27. The number of benzene rings is 2. The summed E-state index contributed by atoms with van der Waals surface area (Å²) in [5.74, 6) is 1.08. The van der Waals surface area contributed by atoms with Crippen LogP contribution in [0.2, 0.25) is 0 Å². The Balaban J connectivity index is 1.59. The summed E-state index contributed by atoms with van der Waals surface area (Å²) >= 11 is 0. The fourth-order valence-electron chi connectivity index (χ4n) is 5.14. The summed E-state index contributed by atoms with van der Waals surface area (Å²) in [6.45, 7) is 7.92. The van der Waals surface area contributed by atoms with Gasteiger partial charge in [-0.05, 0) is 76.5 Å². The number of carbonyl (C=O) groups excluding carboxylic acids is 2. The lowest BCUT2D eigenvalue weighted by Crippen LogP contribution is -2.43. The van der Waals surface area contributed by atoms with Gasteiger partial charge in [-0.3, -0.25) is 14.5 Å². The van der Waals surface area contributed by atoms with Crippen molar-refractivity contribution in [3.8, 4) is 11.5 Å². The Bertz CT molecular complexity index is 1170. The number of piperidine rings is 1. The van der Waals surface area contributed by atoms with Crippen LogP contribution in [-0.2, 0) is 14.3 Å². The lowest BCUT2D eigenvalue weighted by molar-refractivity contribution is -0.149. The number of hydrazone groups is 1. The van der Waals surface area contributed by atoms with Gasteiger partial charge in [0.05, 0.1) is 45.0 Å². The molecule has 0 aliphatic carbocycles. The maximum atomic E-state index is 13.7. The van der Waals surface area contributed by atoms with Gasteiger partial charge in [-0.15, -0.1) is 0 Å². The van der Waals surface area contributed by atoms with E-state index in [0.717, 1.165) is 28.0 Å². The van der Waals surface area contributed by atoms with Crippen molar-refractivity contribution in [1.82, 2.24) is 9.91 Å². The molecule has 0 radical (unpaired) electrons. The van der Waals surface area contributed by atoms with Crippen molar-refractivity contribution in [2.45, 2.75) is 46.1 Å². The van der Waals surface area contributed by atoms with Gasteiger partial charge in [0.25, 0.3) is 5.91 Å². The molecule has 198 valence electrons. The molecule has 2 aliphatic heterocycles. The molecule has 2 aliphatic rings. The molecule has 0 aromatic heterocycles. The Labute approximate surface area is 219 Å². The van der Waals surface area contributed by atoms with E-state index in [1.807, 2.05) is 25.1 Å². The maximum Gasteiger partial charge on any atom is 0.309 e. The summed E-state index contributed by atoms with van der Waals surface area (Å²) in [4.78, 5) is 27.9. The van der Waals surface area contributed by atoms with Crippen molar-refractivity contribution in [3.63, 3.8) is 0 Å². The van der Waals surface area contributed by atoms with E-state index in [9.17, 15) is 9.59 Å². The Morgan fingerprint density at radius 3 is 2.46 bits per heavy atom. The standard InChI is InChI=1S/C29H37N3O5/c1-6-37-29(34)21-11-13-31(14-12-21)18-28(33)32-26(24-16-22(35-4)9-10-27(24)36-5)17-25(30-32)23-15-19(2)7-8-20(23)3/h7-10,15-16,21,26H,6,11-14,17-18H2,1-5H3. The molecule has 0 saturated carbocycles. The number of methoxy groups -OCH3 is 2. The maximum absolute atomic E-state index is 13.7. The molecule has 1 saturated heterocycles. The second kappa shape index (κ2) is 11.8. The van der Waals surface area contributed by atoms with Gasteiger partial charge in [0.15, 0.2) is 0 Å². The molecule has 4 rings (SSSR count). The van der Waals surface area contributed by atoms with E-state index in [1.54, 1.807) is 19.2 Å². The lowest BCUT2D eigenvalue weighted by Gasteiger charge is -2.32. The Morgan fingerprint density at radius 2 is 1.78 bits per heavy atom. The van der Waals surface area contributed by atoms with E-state index < -0.39 is 0 Å². The van der Waals surface area contributed by atoms with Gasteiger partial charge in [-0.2, -0.15) is 5.10 Å². The fourth-order valence-corrected chi connectivity index (χ4v) is 5.14. The number of ether oxygens (including phenoxy) is 3. The summed E-state index contributed by atoms with van der Waals surface area (Å²) in [6, 6.07) is 11.6. The third kappa shape index (κ3) is 5.96. The monoisotopic (exact) mass is 507 g/mol. The number of nitrogens with zero attached hydrogens (tertiary/aromatic N) is 3. The van der Waals surface area contributed by atoms with Crippen molar-refractivity contribution in [3.05, 3.63) is 58.7 Å². The zero-order valence-corrected chi connectivity index (χ0v) is 22.5. The van der Waals surface area contributed by atoms with Crippen LogP contribution in [0, 0.1) is 19.8 Å². The molecule has 8 nitrogen and oxygen atoms in total. The molecule has 1 atom stereocenters. The molecular weight excluding hydrogens is 470 g/mol. The lowest BCUT2D eigenvalue weighted by atomic mass is 9.94. The number of aryl methyl sites for hydroxylation is 2. The SMILES string of the molecule is CCOC(=O)C1CCN(CC(=O)N2N=C(c3cc(C)ccc3C)CC2c2cc(OC)ccc2OC)CC1. The molecular formula is C29H37N3O5. The number of rotatable bonds is 8. The van der Waals surface area contributed by atoms with Crippen molar-refractivity contribution < 1.29 is 23.8 Å². The highest BCUT2D eigenvalue weighted by Gasteiger charge is 2.37. The molecule has 2 heterocycles. The fraction of sp³-hybridized carbons (Fsp3) is 0.483. The number of esters is 1. The van der Waals surface area contributed by atoms with Crippen molar-refractivity contribution in [1.29, 1.82) is 0 Å². The van der Waals surface area contributed by atoms with Crippen LogP contribution in [0.15, 0.2) is 41.5 Å². The molecule has 2 aromatic rings. The Morgan fingerprint density at radius 1 is 1.03 bits per heavy atom. The second-order valence-corrected chi connectivity index (χ2v) is 9.73. The normalized spacial score (nSPS) is 18.5. The molecule has 0 spiro atoms. The number of hydrogen-bond donors (Lipinski definition) is 0. The molecule has 1 fully saturated rings. The topological polar surface area (TPSA) is 80.7 Å². The summed E-state index contributed by atoms with van der Waals surface area (Å²) in [7, 11) is 3.26. The molecule has 0 N–H and O–H groups in total. The highest BCUT2D eigenvalue weighted by molar-refractivity contribution is 6.04. The second-order valence-electron chi connectivity index (χ2n) is 9.73. The molecule has 8 heteroatoms. The molecule has 2 aromatic carbocycles. The summed E-state index contributed by atoms with van der Waals surface area (Å²) in [5.41, 5.74) is 5.06. The van der Waals surface area contributed by atoms with E-state index in [2.05, 4.69) is 36.9 Å². The average molecular weight is 508 g/mol. The number of amides is 1. The van der Waals surface area contributed by atoms with Crippen LogP contribution in [0.4, 0.5) is 0 Å². The largest absolute Gasteiger partial charge is 0.497 e. The first-order valence-corrected chi connectivity index (χ1v) is 12.9. The third-order valence-electron chi connectivity index (χ3n) is 7.23. The van der Waals surface area contributed by atoms with Crippen LogP contribution < -0.4 is 9.47 Å². The van der Waals surface area contributed by atoms with Crippen molar-refractivity contribution in [2.24, 2.45) is 11.0 Å². The summed E-state index contributed by atoms with van der Waals surface area (Å²) < 4.78 is 16.3. The summed E-state index contributed by atoms with van der Waals surface area (Å²) in [5, 5.41) is 6.50. The first kappa shape index (κ1) is 26.7. The van der Waals surface area contributed by atoms with Crippen LogP contribution in [0.25, 0.3) is 0 Å². The molecule has 1 amide bonds. The average Bonchev–Trinajstić information content (AvgIpc) is 3.35. The molecule has 37 heavy (non-hydrogen) atoms. The molecule has 1 unspecified atom stereocenters. The van der Waals surface area contributed by atoms with Gasteiger partial charge in [0.1, 0.15) is 11.5 Å². The van der Waals surface area contributed by atoms with E-state index in [4.69, 9.17) is 19.3 Å². The zero-order valence-electron chi connectivity index (χ0n) is 22.5. The van der Waals surface area contributed by atoms with Gasteiger partial charge < -0.3 is 14.2 Å². The van der Waals surface area contributed by atoms with Crippen LogP contribution in [0.3, 0.4) is 0 Å². The van der Waals surface area contributed by atoms with Crippen molar-refractivity contribution in [2.75, 3.05) is 40.5 Å². The van der Waals surface area contributed by atoms with Crippen molar-refractivity contribution >= 4 is 17.6 Å². The number of likely N-dealkylation sites (tertiary alicyclic amines) is 1. The van der Waals surface area contributed by atoms with E-state index in [0.29, 0.717) is 50.5 Å². The highest BCUT2D eigenvalue weighted by Crippen LogP contribution is 2.40. The van der Waals surface area contributed by atoms with Gasteiger partial charge in [0, 0.05) is 17.5 Å².